The number of nitrogens with zero attached hydrogens (tertiary/aromatic N) is 2. The Morgan fingerprint density at radius 1 is 1.65 bits per heavy atom. The van der Waals surface area contributed by atoms with Crippen LogP contribution in [0.1, 0.15) is 17.3 Å². The van der Waals surface area contributed by atoms with Crippen LogP contribution in [0.2, 0.25) is 5.15 Å². The van der Waals surface area contributed by atoms with E-state index < -0.39 is 0 Å². The number of carbonyl (C=O) groups excluding carboxylic acids is 1. The van der Waals surface area contributed by atoms with E-state index in [1.165, 1.54) is 18.1 Å². The minimum Gasteiger partial charge on any atom is -0.395 e. The summed E-state index contributed by atoms with van der Waals surface area (Å²) in [6.07, 6.45) is 3.81. The lowest BCUT2D eigenvalue weighted by Gasteiger charge is -2.22. The van der Waals surface area contributed by atoms with E-state index in [1.807, 2.05) is 13.2 Å². The number of aliphatic hydroxyl groups excluding tert-OH is 1. The molecule has 2 atom stereocenters. The van der Waals surface area contributed by atoms with Crippen molar-refractivity contribution in [2.75, 3.05) is 18.2 Å². The van der Waals surface area contributed by atoms with Crippen molar-refractivity contribution in [1.82, 2.24) is 9.97 Å². The Hall–Kier alpha value is -0.850. The molecule has 1 aromatic rings. The molecule has 0 saturated heterocycles. The lowest BCUT2D eigenvalue weighted by Crippen LogP contribution is -2.31. The Bertz CT molecular complexity index is 388. The highest BCUT2D eigenvalue weighted by Crippen LogP contribution is 2.20. The summed E-state index contributed by atoms with van der Waals surface area (Å²) in [4.78, 5) is 18.6. The van der Waals surface area contributed by atoms with Gasteiger partial charge in [-0.25, -0.2) is 9.97 Å². The summed E-state index contributed by atoms with van der Waals surface area (Å²) < 4.78 is 0. The topological polar surface area (TPSA) is 75.1 Å². The number of carbonyl (C=O) groups is 1. The smallest absolute Gasteiger partial charge is 0.156 e. The van der Waals surface area contributed by atoms with Crippen LogP contribution in [0.25, 0.3) is 0 Å². The Balaban J connectivity index is 2.87. The Kier molecular flexibility index (Phi) is 5.67. The molecule has 0 bridgehead atoms. The van der Waals surface area contributed by atoms with Crippen LogP contribution >= 0.6 is 23.4 Å². The molecule has 0 aliphatic rings. The van der Waals surface area contributed by atoms with E-state index in [-0.39, 0.29) is 28.6 Å². The quantitative estimate of drug-likeness (QED) is 0.605. The number of aromatic nitrogens is 2. The maximum atomic E-state index is 10.9. The SMILES string of the molecule is CSC(CO)C(C)Nc1ncnc(Cl)c1C=O. The van der Waals surface area contributed by atoms with Crippen molar-refractivity contribution in [2.45, 2.75) is 18.2 Å². The first-order valence-electron chi connectivity index (χ1n) is 4.99. The largest absolute Gasteiger partial charge is 0.395 e. The number of rotatable bonds is 6. The third-order valence-corrected chi connectivity index (χ3v) is 3.82. The summed E-state index contributed by atoms with van der Waals surface area (Å²) in [5, 5.41) is 12.4. The van der Waals surface area contributed by atoms with E-state index in [0.29, 0.717) is 12.1 Å². The van der Waals surface area contributed by atoms with Crippen molar-refractivity contribution in [2.24, 2.45) is 0 Å². The lowest BCUT2D eigenvalue weighted by atomic mass is 10.2. The van der Waals surface area contributed by atoms with E-state index >= 15 is 0 Å². The number of anilines is 1. The molecule has 2 N–H and O–H groups in total. The van der Waals surface area contributed by atoms with Gasteiger partial charge in [-0.05, 0) is 13.2 Å². The molecular weight excluding hydrogens is 262 g/mol. The van der Waals surface area contributed by atoms with Gasteiger partial charge in [0.25, 0.3) is 0 Å². The average molecular weight is 276 g/mol. The van der Waals surface area contributed by atoms with Crippen LogP contribution in [-0.4, -0.2) is 45.5 Å². The summed E-state index contributed by atoms with van der Waals surface area (Å²) >= 11 is 7.32. The van der Waals surface area contributed by atoms with Crippen molar-refractivity contribution in [3.63, 3.8) is 0 Å². The molecule has 1 rings (SSSR count). The Morgan fingerprint density at radius 3 is 2.88 bits per heavy atom. The van der Waals surface area contributed by atoms with E-state index in [4.69, 9.17) is 16.7 Å². The van der Waals surface area contributed by atoms with Gasteiger partial charge in [0.15, 0.2) is 6.29 Å². The number of hydrogen-bond acceptors (Lipinski definition) is 6. The van der Waals surface area contributed by atoms with E-state index in [2.05, 4.69) is 15.3 Å². The standard InChI is InChI=1S/C10H14ClN3O2S/c1-6(8(4-16)17-2)14-10-7(3-15)9(11)12-5-13-10/h3,5-6,8,16H,4H2,1-2H3,(H,12,13,14). The minimum atomic E-state index is -0.0420. The molecule has 1 aromatic heterocycles. The normalized spacial score (nSPS) is 14.1. The fourth-order valence-electron chi connectivity index (χ4n) is 1.34. The van der Waals surface area contributed by atoms with E-state index in [1.54, 1.807) is 0 Å². The molecule has 0 aliphatic heterocycles. The van der Waals surface area contributed by atoms with Gasteiger partial charge in [-0.15, -0.1) is 0 Å². The van der Waals surface area contributed by atoms with Gasteiger partial charge in [-0.3, -0.25) is 4.79 Å². The van der Waals surface area contributed by atoms with Gasteiger partial charge < -0.3 is 10.4 Å². The summed E-state index contributed by atoms with van der Waals surface area (Å²) in [5.41, 5.74) is 0.235. The first-order chi connectivity index (χ1) is 8.13. The second kappa shape index (κ2) is 6.78. The van der Waals surface area contributed by atoms with Crippen LogP contribution in [-0.2, 0) is 0 Å². The van der Waals surface area contributed by atoms with Crippen LogP contribution in [0.4, 0.5) is 5.82 Å². The highest BCUT2D eigenvalue weighted by atomic mass is 35.5. The fourth-order valence-corrected chi connectivity index (χ4v) is 2.14. The molecule has 2 unspecified atom stereocenters. The van der Waals surface area contributed by atoms with Gasteiger partial charge >= 0.3 is 0 Å². The molecule has 5 nitrogen and oxygen atoms in total. The van der Waals surface area contributed by atoms with Gasteiger partial charge in [0.1, 0.15) is 17.3 Å². The van der Waals surface area contributed by atoms with Gasteiger partial charge in [0.05, 0.1) is 12.2 Å². The number of nitrogens with one attached hydrogen (secondary N) is 1. The zero-order valence-electron chi connectivity index (χ0n) is 9.55. The summed E-state index contributed by atoms with van der Waals surface area (Å²) in [7, 11) is 0. The zero-order valence-corrected chi connectivity index (χ0v) is 11.1. The first-order valence-corrected chi connectivity index (χ1v) is 6.66. The van der Waals surface area contributed by atoms with Crippen molar-refractivity contribution in [3.8, 4) is 0 Å². The second-order valence-corrected chi connectivity index (χ2v) is 4.87. The second-order valence-electron chi connectivity index (χ2n) is 3.43. The third-order valence-electron chi connectivity index (χ3n) is 2.36. The van der Waals surface area contributed by atoms with Gasteiger partial charge in [0.2, 0.25) is 0 Å². The summed E-state index contributed by atoms with van der Waals surface area (Å²) in [5.74, 6) is 0.389. The number of halogens is 1. The monoisotopic (exact) mass is 275 g/mol. The zero-order chi connectivity index (χ0) is 12.8. The summed E-state index contributed by atoms with van der Waals surface area (Å²) in [6.45, 7) is 1.95. The Labute approximate surface area is 109 Å². The molecule has 0 saturated carbocycles. The number of hydrogen-bond donors (Lipinski definition) is 2. The Morgan fingerprint density at radius 2 is 2.35 bits per heavy atom. The van der Waals surface area contributed by atoms with Crippen molar-refractivity contribution in [1.29, 1.82) is 0 Å². The van der Waals surface area contributed by atoms with Crippen LogP contribution in [0.3, 0.4) is 0 Å². The van der Waals surface area contributed by atoms with Gasteiger partial charge in [0, 0.05) is 11.3 Å². The highest BCUT2D eigenvalue weighted by molar-refractivity contribution is 7.99. The summed E-state index contributed by atoms with van der Waals surface area (Å²) in [6, 6.07) is -0.0420. The molecule has 1 heterocycles. The predicted molar refractivity (Wildman–Crippen MR) is 69.9 cm³/mol. The molecule has 7 heteroatoms. The first kappa shape index (κ1) is 14.2. The van der Waals surface area contributed by atoms with Crippen LogP contribution in [0.15, 0.2) is 6.33 Å². The highest BCUT2D eigenvalue weighted by Gasteiger charge is 2.18. The van der Waals surface area contributed by atoms with Gasteiger partial charge in [-0.2, -0.15) is 11.8 Å². The van der Waals surface area contributed by atoms with Gasteiger partial charge in [-0.1, -0.05) is 11.6 Å². The van der Waals surface area contributed by atoms with E-state index in [9.17, 15) is 4.79 Å². The minimum absolute atomic E-state index is 0.0169. The number of thioether (sulfide) groups is 1. The van der Waals surface area contributed by atoms with E-state index in [0.717, 1.165) is 0 Å². The number of aliphatic hydroxyl groups is 1. The molecular formula is C10H14ClN3O2S. The molecule has 0 aliphatic carbocycles. The lowest BCUT2D eigenvalue weighted by molar-refractivity contribution is 0.112. The van der Waals surface area contributed by atoms with Crippen LogP contribution in [0.5, 0.6) is 0 Å². The molecule has 17 heavy (non-hydrogen) atoms. The third kappa shape index (κ3) is 3.55. The van der Waals surface area contributed by atoms with Crippen molar-refractivity contribution >= 4 is 35.5 Å². The van der Waals surface area contributed by atoms with Crippen molar-refractivity contribution < 1.29 is 9.90 Å². The fraction of sp³-hybridized carbons (Fsp3) is 0.500. The van der Waals surface area contributed by atoms with Crippen molar-refractivity contribution in [3.05, 3.63) is 17.0 Å². The van der Waals surface area contributed by atoms with Crippen LogP contribution in [0, 0.1) is 0 Å². The molecule has 0 radical (unpaired) electrons. The molecule has 0 amide bonds. The predicted octanol–water partition coefficient (Wildman–Crippen LogP) is 1.47. The molecule has 94 valence electrons. The number of aldehydes is 1. The maximum Gasteiger partial charge on any atom is 0.156 e. The molecule has 0 aromatic carbocycles. The maximum absolute atomic E-state index is 10.9. The molecule has 0 spiro atoms. The van der Waals surface area contributed by atoms with Crippen LogP contribution < -0.4 is 5.32 Å². The average Bonchev–Trinajstić information content (AvgIpc) is 2.31. The molecule has 0 fully saturated rings.